The van der Waals surface area contributed by atoms with E-state index in [9.17, 15) is 14.7 Å². The Balaban J connectivity index is 1.49. The van der Waals surface area contributed by atoms with E-state index in [2.05, 4.69) is 10.1 Å². The summed E-state index contributed by atoms with van der Waals surface area (Å²) in [6, 6.07) is 6.40. The summed E-state index contributed by atoms with van der Waals surface area (Å²) in [7, 11) is 0. The number of aromatic nitrogens is 4. The van der Waals surface area contributed by atoms with Crippen molar-refractivity contribution in [3.63, 3.8) is 0 Å². The lowest BCUT2D eigenvalue weighted by atomic mass is 10.1. The largest absolute Gasteiger partial charge is 0.508 e. The third-order valence-corrected chi connectivity index (χ3v) is 5.07. The summed E-state index contributed by atoms with van der Waals surface area (Å²) in [5, 5.41) is 14.6. The van der Waals surface area contributed by atoms with Gasteiger partial charge in [0, 0.05) is 25.4 Å². The van der Waals surface area contributed by atoms with E-state index in [1.807, 2.05) is 31.6 Å². The maximum Gasteiger partial charge on any atom is 0.410 e. The molecule has 1 aliphatic rings. The highest BCUT2D eigenvalue weighted by Gasteiger charge is 2.28. The first-order valence-electron chi connectivity index (χ1n) is 9.95. The lowest BCUT2D eigenvalue weighted by Gasteiger charge is -2.33. The summed E-state index contributed by atoms with van der Waals surface area (Å²) in [6.07, 6.45) is 4.49. The molecule has 30 heavy (non-hydrogen) atoms. The maximum absolute atomic E-state index is 12.8. The van der Waals surface area contributed by atoms with Crippen molar-refractivity contribution in [2.24, 2.45) is 0 Å². The minimum Gasteiger partial charge on any atom is -0.508 e. The molecule has 9 heteroatoms. The van der Waals surface area contributed by atoms with Crippen molar-refractivity contribution in [3.05, 3.63) is 47.1 Å². The van der Waals surface area contributed by atoms with Crippen molar-refractivity contribution in [3.8, 4) is 11.6 Å². The Labute approximate surface area is 173 Å². The van der Waals surface area contributed by atoms with E-state index in [4.69, 9.17) is 4.74 Å². The molecule has 3 aromatic rings. The predicted octanol–water partition coefficient (Wildman–Crippen LogP) is 2.86. The number of benzene rings is 1. The highest BCUT2D eigenvalue weighted by Crippen LogP contribution is 2.24. The average molecular weight is 411 g/mol. The van der Waals surface area contributed by atoms with Crippen LogP contribution < -0.4 is 5.56 Å². The van der Waals surface area contributed by atoms with Gasteiger partial charge in [0.05, 0.1) is 16.9 Å². The van der Waals surface area contributed by atoms with Crippen molar-refractivity contribution in [2.45, 2.75) is 45.3 Å². The minimum atomic E-state index is -0.511. The van der Waals surface area contributed by atoms with Crippen LogP contribution in [0.2, 0.25) is 0 Å². The molecule has 2 aromatic heterocycles. The van der Waals surface area contributed by atoms with Crippen molar-refractivity contribution < 1.29 is 14.6 Å². The number of carbonyl (C=O) groups excluding carboxylic acids is 1. The molecule has 1 amide bonds. The molecule has 4 rings (SSSR count). The van der Waals surface area contributed by atoms with E-state index in [1.54, 1.807) is 17.0 Å². The first-order valence-corrected chi connectivity index (χ1v) is 9.95. The molecular formula is C21H25N5O4. The monoisotopic (exact) mass is 411 g/mol. The quantitative estimate of drug-likeness (QED) is 0.696. The second kappa shape index (κ2) is 7.47. The Morgan fingerprint density at radius 2 is 1.93 bits per heavy atom. The normalized spacial score (nSPS) is 15.5. The molecule has 0 atom stereocenters. The number of likely N-dealkylation sites (tertiary alicyclic amines) is 1. The summed E-state index contributed by atoms with van der Waals surface area (Å²) >= 11 is 0. The number of nitrogens with zero attached hydrogens (tertiary/aromatic N) is 5. The van der Waals surface area contributed by atoms with E-state index < -0.39 is 5.60 Å². The van der Waals surface area contributed by atoms with Crippen molar-refractivity contribution in [2.75, 3.05) is 13.1 Å². The van der Waals surface area contributed by atoms with E-state index in [1.165, 1.54) is 23.0 Å². The van der Waals surface area contributed by atoms with Crippen LogP contribution in [0.1, 0.15) is 39.7 Å². The molecule has 0 bridgehead atoms. The highest BCUT2D eigenvalue weighted by molar-refractivity contribution is 5.79. The topological polar surface area (TPSA) is 102 Å². The van der Waals surface area contributed by atoms with Gasteiger partial charge in [0.2, 0.25) is 0 Å². The first-order chi connectivity index (χ1) is 14.2. The number of piperidine rings is 1. The fourth-order valence-electron chi connectivity index (χ4n) is 3.57. The zero-order valence-electron chi connectivity index (χ0n) is 17.3. The number of hydrogen-bond donors (Lipinski definition) is 1. The maximum atomic E-state index is 12.8. The molecule has 3 heterocycles. The van der Waals surface area contributed by atoms with E-state index in [-0.39, 0.29) is 23.4 Å². The van der Waals surface area contributed by atoms with Crippen LogP contribution in [0.4, 0.5) is 4.79 Å². The number of fused-ring (bicyclic) bond motifs is 1. The Bertz CT molecular complexity index is 1140. The number of hydrogen-bond acceptors (Lipinski definition) is 6. The fraction of sp³-hybridized carbons (Fsp3) is 0.429. The van der Waals surface area contributed by atoms with Crippen LogP contribution in [0, 0.1) is 0 Å². The number of carbonyl (C=O) groups is 1. The number of phenolic OH excluding ortho intramolecular Hbond substituents is 1. The molecule has 158 valence electrons. The van der Waals surface area contributed by atoms with Gasteiger partial charge in [-0.2, -0.15) is 5.10 Å². The van der Waals surface area contributed by atoms with Gasteiger partial charge in [0.15, 0.2) is 5.82 Å². The van der Waals surface area contributed by atoms with Crippen LogP contribution in [-0.4, -0.2) is 54.1 Å². The summed E-state index contributed by atoms with van der Waals surface area (Å²) in [4.78, 5) is 31.0. The SMILES string of the molecule is CC(C)(C)OC(=O)N1CCC(n2ccc(-n3cnc4ccc(O)cc4c3=O)n2)CC1. The Kier molecular flexibility index (Phi) is 4.97. The molecule has 1 fully saturated rings. The van der Waals surface area contributed by atoms with Gasteiger partial charge in [0.1, 0.15) is 17.7 Å². The molecule has 0 radical (unpaired) electrons. The second-order valence-corrected chi connectivity index (χ2v) is 8.47. The van der Waals surface area contributed by atoms with Crippen LogP contribution in [0.3, 0.4) is 0 Å². The van der Waals surface area contributed by atoms with Crippen LogP contribution in [0.15, 0.2) is 41.6 Å². The number of phenols is 1. The van der Waals surface area contributed by atoms with Gasteiger partial charge in [-0.25, -0.2) is 14.3 Å². The lowest BCUT2D eigenvalue weighted by Crippen LogP contribution is -2.42. The minimum absolute atomic E-state index is 0.0152. The van der Waals surface area contributed by atoms with E-state index in [0.717, 1.165) is 12.8 Å². The summed E-state index contributed by atoms with van der Waals surface area (Å²) in [5.74, 6) is 0.480. The highest BCUT2D eigenvalue weighted by atomic mass is 16.6. The number of rotatable bonds is 2. The average Bonchev–Trinajstić information content (AvgIpc) is 3.17. The molecule has 0 unspecified atom stereocenters. The summed E-state index contributed by atoms with van der Waals surface area (Å²) in [5.41, 5.74) is -0.285. The van der Waals surface area contributed by atoms with Crippen LogP contribution in [0.25, 0.3) is 16.7 Å². The second-order valence-electron chi connectivity index (χ2n) is 8.47. The van der Waals surface area contributed by atoms with Crippen LogP contribution >= 0.6 is 0 Å². The van der Waals surface area contributed by atoms with Crippen molar-refractivity contribution >= 4 is 17.0 Å². The summed E-state index contributed by atoms with van der Waals surface area (Å²) in [6.45, 7) is 6.74. The lowest BCUT2D eigenvalue weighted by molar-refractivity contribution is 0.0184. The Hall–Kier alpha value is -3.36. The first kappa shape index (κ1) is 19.9. The van der Waals surface area contributed by atoms with Gasteiger partial charge in [-0.15, -0.1) is 0 Å². The third-order valence-electron chi connectivity index (χ3n) is 5.07. The zero-order chi connectivity index (χ0) is 21.5. The molecule has 1 aliphatic heterocycles. The molecule has 1 saturated heterocycles. The molecule has 0 spiro atoms. The van der Waals surface area contributed by atoms with Gasteiger partial charge in [-0.1, -0.05) is 0 Å². The molecule has 1 N–H and O–H groups in total. The third kappa shape index (κ3) is 4.00. The fourth-order valence-corrected chi connectivity index (χ4v) is 3.57. The number of aromatic hydroxyl groups is 1. The van der Waals surface area contributed by atoms with Crippen molar-refractivity contribution in [1.82, 2.24) is 24.2 Å². The van der Waals surface area contributed by atoms with Crippen molar-refractivity contribution in [1.29, 1.82) is 0 Å². The molecule has 9 nitrogen and oxygen atoms in total. The molecule has 0 aliphatic carbocycles. The van der Waals surface area contributed by atoms with Gasteiger partial charge in [-0.05, 0) is 51.8 Å². The van der Waals surface area contributed by atoms with Gasteiger partial charge < -0.3 is 14.7 Å². The number of amides is 1. The smallest absolute Gasteiger partial charge is 0.410 e. The number of ether oxygens (including phenoxy) is 1. The molecular weight excluding hydrogens is 386 g/mol. The molecule has 0 saturated carbocycles. The summed E-state index contributed by atoms with van der Waals surface area (Å²) < 4.78 is 8.64. The molecule has 1 aromatic carbocycles. The van der Waals surface area contributed by atoms with Crippen LogP contribution in [-0.2, 0) is 4.74 Å². The predicted molar refractivity (Wildman–Crippen MR) is 111 cm³/mol. The van der Waals surface area contributed by atoms with Gasteiger partial charge >= 0.3 is 6.09 Å². The Morgan fingerprint density at radius 1 is 1.20 bits per heavy atom. The van der Waals surface area contributed by atoms with Gasteiger partial charge in [0.25, 0.3) is 5.56 Å². The van der Waals surface area contributed by atoms with Crippen LogP contribution in [0.5, 0.6) is 5.75 Å². The van der Waals surface area contributed by atoms with E-state index in [0.29, 0.717) is 29.8 Å². The standard InChI is InChI=1S/C21H25N5O4/c1-21(2,3)30-20(29)24-9-6-14(7-10-24)26-11-8-18(23-26)25-13-22-17-5-4-15(27)12-16(17)19(25)28/h4-5,8,11-14,27H,6-7,9-10H2,1-3H3. The van der Waals surface area contributed by atoms with Gasteiger partial charge in [-0.3, -0.25) is 9.48 Å². The zero-order valence-corrected chi connectivity index (χ0v) is 17.3. The Morgan fingerprint density at radius 3 is 2.63 bits per heavy atom. The van der Waals surface area contributed by atoms with E-state index >= 15 is 0 Å².